The van der Waals surface area contributed by atoms with Crippen molar-refractivity contribution in [1.29, 1.82) is 0 Å². The zero-order chi connectivity index (χ0) is 13.6. The van der Waals surface area contributed by atoms with E-state index in [4.69, 9.17) is 19.3 Å². The summed E-state index contributed by atoms with van der Waals surface area (Å²) in [4.78, 5) is 12.3. The maximum absolute atomic E-state index is 11.0. The minimum absolute atomic E-state index is 0.245. The Morgan fingerprint density at radius 1 is 1.50 bits per heavy atom. The number of likely N-dealkylation sites (tertiary alicyclic amines) is 1. The van der Waals surface area contributed by atoms with Crippen molar-refractivity contribution in [2.75, 3.05) is 33.9 Å². The van der Waals surface area contributed by atoms with Crippen molar-refractivity contribution in [2.45, 2.75) is 25.2 Å². The molecule has 1 atom stereocenters. The standard InChI is InChI=1S/C12H21NO5/c1-4-5-8-18-10-9-13(11(14)15)7-6-12(10,16-2)17-3/h4-5,10H,6-9H2,1-3H3,(H,14,15). The number of methoxy groups -OCH3 is 2. The molecule has 1 heterocycles. The van der Waals surface area contributed by atoms with Crippen LogP contribution in [0.2, 0.25) is 0 Å². The van der Waals surface area contributed by atoms with Crippen LogP contribution >= 0.6 is 0 Å². The topological polar surface area (TPSA) is 68.2 Å². The van der Waals surface area contributed by atoms with E-state index in [1.807, 2.05) is 19.1 Å². The maximum atomic E-state index is 11.0. The van der Waals surface area contributed by atoms with Gasteiger partial charge in [-0.1, -0.05) is 12.2 Å². The van der Waals surface area contributed by atoms with Crippen LogP contribution in [0.15, 0.2) is 12.2 Å². The summed E-state index contributed by atoms with van der Waals surface area (Å²) in [6.45, 7) is 2.92. The second-order valence-corrected chi connectivity index (χ2v) is 4.09. The zero-order valence-corrected chi connectivity index (χ0v) is 11.1. The van der Waals surface area contributed by atoms with Crippen LogP contribution < -0.4 is 0 Å². The van der Waals surface area contributed by atoms with Crippen molar-refractivity contribution >= 4 is 6.09 Å². The number of ether oxygens (including phenoxy) is 3. The lowest BCUT2D eigenvalue weighted by atomic mass is 10.00. The number of hydrogen-bond donors (Lipinski definition) is 1. The molecular weight excluding hydrogens is 238 g/mol. The van der Waals surface area contributed by atoms with Gasteiger partial charge >= 0.3 is 6.09 Å². The van der Waals surface area contributed by atoms with Crippen LogP contribution in [-0.4, -0.2) is 61.9 Å². The predicted molar refractivity (Wildman–Crippen MR) is 65.5 cm³/mol. The fraction of sp³-hybridized carbons (Fsp3) is 0.750. The smallest absolute Gasteiger partial charge is 0.407 e. The Kier molecular flexibility index (Phi) is 5.58. The van der Waals surface area contributed by atoms with E-state index in [0.29, 0.717) is 19.6 Å². The Bertz CT molecular complexity index is 301. The van der Waals surface area contributed by atoms with Gasteiger partial charge in [-0.25, -0.2) is 4.79 Å². The first-order valence-corrected chi connectivity index (χ1v) is 5.90. The number of carboxylic acid groups (broad SMARTS) is 1. The van der Waals surface area contributed by atoms with E-state index in [2.05, 4.69) is 0 Å². The summed E-state index contributed by atoms with van der Waals surface area (Å²) in [6.07, 6.45) is 2.80. The third-order valence-corrected chi connectivity index (χ3v) is 3.20. The van der Waals surface area contributed by atoms with Crippen molar-refractivity contribution in [1.82, 2.24) is 4.90 Å². The number of piperidine rings is 1. The molecule has 1 amide bonds. The van der Waals surface area contributed by atoms with E-state index in [-0.39, 0.29) is 6.54 Å². The normalized spacial score (nSPS) is 23.5. The van der Waals surface area contributed by atoms with Crippen LogP contribution in [0.25, 0.3) is 0 Å². The fourth-order valence-corrected chi connectivity index (χ4v) is 2.05. The summed E-state index contributed by atoms with van der Waals surface area (Å²) < 4.78 is 16.5. The molecule has 1 saturated heterocycles. The van der Waals surface area contributed by atoms with Crippen LogP contribution in [0, 0.1) is 0 Å². The van der Waals surface area contributed by atoms with Gasteiger partial charge in [0.25, 0.3) is 0 Å². The third kappa shape index (κ3) is 3.22. The minimum Gasteiger partial charge on any atom is -0.465 e. The Hall–Kier alpha value is -1.11. The quantitative estimate of drug-likeness (QED) is 0.595. The first kappa shape index (κ1) is 14.9. The molecule has 0 aromatic heterocycles. The van der Waals surface area contributed by atoms with Crippen molar-refractivity contribution in [3.05, 3.63) is 12.2 Å². The molecule has 0 aromatic carbocycles. The van der Waals surface area contributed by atoms with Gasteiger partial charge in [0.1, 0.15) is 6.10 Å². The Labute approximate surface area is 107 Å². The molecule has 1 unspecified atom stereocenters. The zero-order valence-electron chi connectivity index (χ0n) is 11.1. The Morgan fingerprint density at radius 2 is 2.17 bits per heavy atom. The maximum Gasteiger partial charge on any atom is 0.407 e. The number of allylic oxidation sites excluding steroid dienone is 1. The molecule has 1 fully saturated rings. The molecule has 1 N–H and O–H groups in total. The van der Waals surface area contributed by atoms with E-state index in [9.17, 15) is 4.79 Å². The summed E-state index contributed by atoms with van der Waals surface area (Å²) >= 11 is 0. The molecular formula is C12H21NO5. The SMILES string of the molecule is CC=CCOC1CN(C(=O)O)CCC1(OC)OC. The van der Waals surface area contributed by atoms with E-state index in [1.165, 1.54) is 4.90 Å². The highest BCUT2D eigenvalue weighted by Crippen LogP contribution is 2.29. The molecule has 0 saturated carbocycles. The molecule has 0 bridgehead atoms. The van der Waals surface area contributed by atoms with E-state index < -0.39 is 18.0 Å². The molecule has 1 aliphatic rings. The first-order valence-electron chi connectivity index (χ1n) is 5.90. The van der Waals surface area contributed by atoms with E-state index >= 15 is 0 Å². The van der Waals surface area contributed by atoms with Crippen LogP contribution in [-0.2, 0) is 14.2 Å². The van der Waals surface area contributed by atoms with Crippen molar-refractivity contribution in [3.8, 4) is 0 Å². The Morgan fingerprint density at radius 3 is 2.67 bits per heavy atom. The number of amides is 1. The number of hydrogen-bond acceptors (Lipinski definition) is 4. The fourth-order valence-electron chi connectivity index (χ4n) is 2.05. The van der Waals surface area contributed by atoms with Gasteiger partial charge in [-0.2, -0.15) is 0 Å². The summed E-state index contributed by atoms with van der Waals surface area (Å²) in [5.41, 5.74) is 0. The Balaban J connectivity index is 2.75. The second kappa shape index (κ2) is 6.72. The lowest BCUT2D eigenvalue weighted by molar-refractivity contribution is -0.284. The molecule has 1 rings (SSSR count). The molecule has 6 heteroatoms. The largest absolute Gasteiger partial charge is 0.465 e. The van der Waals surface area contributed by atoms with Gasteiger partial charge in [-0.05, 0) is 6.92 Å². The molecule has 0 spiro atoms. The highest BCUT2D eigenvalue weighted by molar-refractivity contribution is 5.65. The average Bonchev–Trinajstić information content (AvgIpc) is 2.39. The third-order valence-electron chi connectivity index (χ3n) is 3.20. The van der Waals surface area contributed by atoms with Gasteiger partial charge in [0.2, 0.25) is 0 Å². The van der Waals surface area contributed by atoms with Crippen molar-refractivity contribution < 1.29 is 24.1 Å². The monoisotopic (exact) mass is 259 g/mol. The lowest BCUT2D eigenvalue weighted by Gasteiger charge is -2.44. The van der Waals surface area contributed by atoms with Crippen LogP contribution in [0.1, 0.15) is 13.3 Å². The van der Waals surface area contributed by atoms with Gasteiger partial charge in [0.05, 0.1) is 13.2 Å². The lowest BCUT2D eigenvalue weighted by Crippen LogP contribution is -2.59. The summed E-state index contributed by atoms with van der Waals surface area (Å²) in [5.74, 6) is -0.868. The van der Waals surface area contributed by atoms with Crippen LogP contribution in [0.3, 0.4) is 0 Å². The highest BCUT2D eigenvalue weighted by atomic mass is 16.7. The molecule has 0 radical (unpaired) electrons. The van der Waals surface area contributed by atoms with Gasteiger partial charge in [-0.3, -0.25) is 0 Å². The van der Waals surface area contributed by atoms with Gasteiger partial charge in [0, 0.05) is 27.2 Å². The number of carbonyl (C=O) groups is 1. The van der Waals surface area contributed by atoms with Crippen LogP contribution in [0.4, 0.5) is 4.79 Å². The number of rotatable bonds is 5. The molecule has 1 aliphatic heterocycles. The number of nitrogens with zero attached hydrogens (tertiary/aromatic N) is 1. The van der Waals surface area contributed by atoms with Gasteiger partial charge < -0.3 is 24.2 Å². The van der Waals surface area contributed by atoms with Crippen LogP contribution in [0.5, 0.6) is 0 Å². The summed E-state index contributed by atoms with van der Waals surface area (Å²) in [5, 5.41) is 9.02. The first-order chi connectivity index (χ1) is 8.59. The van der Waals surface area contributed by atoms with E-state index in [0.717, 1.165) is 0 Å². The average molecular weight is 259 g/mol. The van der Waals surface area contributed by atoms with Gasteiger partial charge in [-0.15, -0.1) is 0 Å². The van der Waals surface area contributed by atoms with E-state index in [1.54, 1.807) is 14.2 Å². The molecule has 104 valence electrons. The molecule has 0 aliphatic carbocycles. The molecule has 6 nitrogen and oxygen atoms in total. The van der Waals surface area contributed by atoms with Crippen molar-refractivity contribution in [3.63, 3.8) is 0 Å². The highest BCUT2D eigenvalue weighted by Gasteiger charge is 2.45. The summed E-state index contributed by atoms with van der Waals surface area (Å²) in [7, 11) is 3.10. The second-order valence-electron chi connectivity index (χ2n) is 4.09. The van der Waals surface area contributed by atoms with Crippen molar-refractivity contribution in [2.24, 2.45) is 0 Å². The molecule has 0 aromatic rings. The molecule has 18 heavy (non-hydrogen) atoms. The van der Waals surface area contributed by atoms with Gasteiger partial charge in [0.15, 0.2) is 5.79 Å². The predicted octanol–water partition coefficient (Wildman–Crippen LogP) is 1.32. The summed E-state index contributed by atoms with van der Waals surface area (Å²) in [6, 6.07) is 0. The minimum atomic E-state index is -0.949.